The van der Waals surface area contributed by atoms with Crippen molar-refractivity contribution >= 4 is 0 Å². The maximum Gasteiger partial charge on any atom is 0.122 e. The smallest absolute Gasteiger partial charge is 0.122 e. The first-order valence-electron chi connectivity index (χ1n) is 9.60. The Hall–Kier alpha value is -2.00. The minimum absolute atomic E-state index is 0.564. The second-order valence-electron chi connectivity index (χ2n) is 7.41. The van der Waals surface area contributed by atoms with Crippen molar-refractivity contribution in [2.24, 2.45) is 11.8 Å². The van der Waals surface area contributed by atoms with Gasteiger partial charge in [-0.25, -0.2) is 0 Å². The molecule has 1 unspecified atom stereocenters. The lowest BCUT2D eigenvalue weighted by Gasteiger charge is -2.42. The van der Waals surface area contributed by atoms with Crippen LogP contribution in [0.25, 0.3) is 0 Å². The van der Waals surface area contributed by atoms with Crippen LogP contribution in [-0.2, 0) is 6.42 Å². The van der Waals surface area contributed by atoms with Crippen molar-refractivity contribution < 1.29 is 14.4 Å². The third kappa shape index (κ3) is 4.35. The van der Waals surface area contributed by atoms with Gasteiger partial charge in [-0.3, -0.25) is 0 Å². The third-order valence-corrected chi connectivity index (χ3v) is 5.74. The summed E-state index contributed by atoms with van der Waals surface area (Å²) < 4.78 is 11.4. The topological polar surface area (TPSA) is 22.9 Å². The van der Waals surface area contributed by atoms with E-state index in [9.17, 15) is 0 Å². The molecular formula is C22H28NO2+. The molecule has 3 fully saturated rings. The van der Waals surface area contributed by atoms with Gasteiger partial charge in [-0.1, -0.05) is 30.3 Å². The molecule has 2 aromatic rings. The Morgan fingerprint density at radius 1 is 0.800 bits per heavy atom. The summed E-state index contributed by atoms with van der Waals surface area (Å²) >= 11 is 0. The van der Waals surface area contributed by atoms with Gasteiger partial charge in [0, 0.05) is 18.8 Å². The zero-order valence-electron chi connectivity index (χ0n) is 14.8. The molecule has 0 radical (unpaired) electrons. The number of quaternary nitrogens is 1. The fourth-order valence-electron chi connectivity index (χ4n) is 4.36. The van der Waals surface area contributed by atoms with Gasteiger partial charge < -0.3 is 14.4 Å². The number of hydrogen-bond donors (Lipinski definition) is 1. The first-order chi connectivity index (χ1) is 12.4. The molecule has 3 nitrogen and oxygen atoms in total. The number of nitrogens with one attached hydrogen (secondary N) is 1. The van der Waals surface area contributed by atoms with Crippen LogP contribution in [0.15, 0.2) is 54.6 Å². The van der Waals surface area contributed by atoms with E-state index in [4.69, 9.17) is 9.47 Å². The normalized spacial score (nSPS) is 24.9. The molecule has 0 amide bonds. The van der Waals surface area contributed by atoms with Crippen molar-refractivity contribution in [1.82, 2.24) is 0 Å². The molecule has 3 saturated heterocycles. The Labute approximate surface area is 150 Å². The average molecular weight is 338 g/mol. The number of rotatable bonds is 7. The molecule has 0 aliphatic carbocycles. The molecule has 1 N–H and O–H groups in total. The second kappa shape index (κ2) is 7.92. The Kier molecular flexibility index (Phi) is 5.22. The van der Waals surface area contributed by atoms with E-state index in [2.05, 4.69) is 24.3 Å². The molecule has 2 bridgehead atoms. The first-order valence-corrected chi connectivity index (χ1v) is 9.60. The van der Waals surface area contributed by atoms with Gasteiger partial charge in [0.05, 0.1) is 19.6 Å². The predicted octanol–water partition coefficient (Wildman–Crippen LogP) is 2.61. The standard InChI is InChI=1S/C22H27NO2/c1-2-4-21(5-3-1)24-14-15-25-22-8-6-18(7-9-22)16-20-17-23-12-10-19(20)11-13-23/h1-9,19-20H,10-17H2/p+1. The Morgan fingerprint density at radius 3 is 2.04 bits per heavy atom. The SMILES string of the molecule is c1ccc(OCCOc2ccc(CC3C[NH+]4CCC3CC4)cc2)cc1. The minimum Gasteiger partial charge on any atom is -0.490 e. The number of benzene rings is 2. The molecule has 3 aliphatic heterocycles. The summed E-state index contributed by atoms with van der Waals surface area (Å²) in [6.07, 6.45) is 4.09. The predicted molar refractivity (Wildman–Crippen MR) is 99.4 cm³/mol. The number of para-hydroxylation sites is 1. The highest BCUT2D eigenvalue weighted by molar-refractivity contribution is 5.27. The quantitative estimate of drug-likeness (QED) is 0.784. The fraction of sp³-hybridized carbons (Fsp3) is 0.455. The molecular weight excluding hydrogens is 310 g/mol. The van der Waals surface area contributed by atoms with Gasteiger partial charge in [-0.2, -0.15) is 0 Å². The summed E-state index contributed by atoms with van der Waals surface area (Å²) in [4.78, 5) is 1.82. The van der Waals surface area contributed by atoms with E-state index >= 15 is 0 Å². The number of fused-ring (bicyclic) bond motifs is 3. The first kappa shape index (κ1) is 16.5. The highest BCUT2D eigenvalue weighted by Gasteiger charge is 2.36. The van der Waals surface area contributed by atoms with Crippen LogP contribution in [0.5, 0.6) is 11.5 Å². The van der Waals surface area contributed by atoms with E-state index in [-0.39, 0.29) is 0 Å². The molecule has 1 atom stereocenters. The van der Waals surface area contributed by atoms with Gasteiger partial charge in [0.25, 0.3) is 0 Å². The minimum atomic E-state index is 0.564. The molecule has 5 rings (SSSR count). The Balaban J connectivity index is 1.22. The lowest BCUT2D eigenvalue weighted by molar-refractivity contribution is -0.921. The molecule has 3 aliphatic rings. The second-order valence-corrected chi connectivity index (χ2v) is 7.41. The van der Waals surface area contributed by atoms with Gasteiger partial charge in [0.15, 0.2) is 0 Å². The number of ether oxygens (including phenoxy) is 2. The molecule has 132 valence electrons. The van der Waals surface area contributed by atoms with Crippen LogP contribution in [0.1, 0.15) is 18.4 Å². The zero-order valence-corrected chi connectivity index (χ0v) is 14.8. The van der Waals surface area contributed by atoms with Crippen molar-refractivity contribution in [3.8, 4) is 11.5 Å². The molecule has 2 aromatic carbocycles. The van der Waals surface area contributed by atoms with Gasteiger partial charge in [-0.15, -0.1) is 0 Å². The largest absolute Gasteiger partial charge is 0.490 e. The third-order valence-electron chi connectivity index (χ3n) is 5.74. The van der Waals surface area contributed by atoms with Crippen molar-refractivity contribution in [3.63, 3.8) is 0 Å². The van der Waals surface area contributed by atoms with E-state index in [1.807, 2.05) is 35.2 Å². The average Bonchev–Trinajstić information content (AvgIpc) is 2.68. The van der Waals surface area contributed by atoms with E-state index in [1.54, 1.807) is 0 Å². The van der Waals surface area contributed by atoms with Crippen molar-refractivity contribution in [1.29, 1.82) is 0 Å². The molecule has 0 spiro atoms. The van der Waals surface area contributed by atoms with Gasteiger partial charge >= 0.3 is 0 Å². The van der Waals surface area contributed by atoms with Crippen LogP contribution >= 0.6 is 0 Å². The summed E-state index contributed by atoms with van der Waals surface area (Å²) in [7, 11) is 0. The summed E-state index contributed by atoms with van der Waals surface area (Å²) in [5.74, 6) is 3.66. The van der Waals surface area contributed by atoms with E-state index in [0.717, 1.165) is 23.3 Å². The van der Waals surface area contributed by atoms with Crippen LogP contribution in [0.2, 0.25) is 0 Å². The number of piperidine rings is 3. The van der Waals surface area contributed by atoms with Crippen molar-refractivity contribution in [2.45, 2.75) is 19.3 Å². The zero-order chi connectivity index (χ0) is 16.9. The molecule has 3 heteroatoms. The lowest BCUT2D eigenvalue weighted by atomic mass is 9.76. The Bertz CT molecular complexity index is 647. The maximum absolute atomic E-state index is 5.79. The highest BCUT2D eigenvalue weighted by atomic mass is 16.5. The van der Waals surface area contributed by atoms with Gasteiger partial charge in [0.2, 0.25) is 0 Å². The van der Waals surface area contributed by atoms with Crippen LogP contribution in [0.4, 0.5) is 0 Å². The van der Waals surface area contributed by atoms with Crippen molar-refractivity contribution in [3.05, 3.63) is 60.2 Å². The summed E-state index contributed by atoms with van der Waals surface area (Å²) in [6, 6.07) is 18.5. The molecule has 3 heterocycles. The fourth-order valence-corrected chi connectivity index (χ4v) is 4.36. The van der Waals surface area contributed by atoms with Crippen LogP contribution in [-0.4, -0.2) is 32.8 Å². The molecule has 0 aromatic heterocycles. The van der Waals surface area contributed by atoms with Crippen molar-refractivity contribution in [2.75, 3.05) is 32.8 Å². The summed E-state index contributed by atoms with van der Waals surface area (Å²) in [6.45, 7) is 5.31. The summed E-state index contributed by atoms with van der Waals surface area (Å²) in [5.41, 5.74) is 1.45. The monoisotopic (exact) mass is 338 g/mol. The highest BCUT2D eigenvalue weighted by Crippen LogP contribution is 2.27. The maximum atomic E-state index is 5.79. The van der Waals surface area contributed by atoms with Gasteiger partial charge in [0.1, 0.15) is 24.7 Å². The van der Waals surface area contributed by atoms with E-state index in [1.165, 1.54) is 44.5 Å². The van der Waals surface area contributed by atoms with Crippen LogP contribution in [0, 0.1) is 11.8 Å². The summed E-state index contributed by atoms with van der Waals surface area (Å²) in [5, 5.41) is 0. The van der Waals surface area contributed by atoms with E-state index in [0.29, 0.717) is 13.2 Å². The van der Waals surface area contributed by atoms with Crippen LogP contribution < -0.4 is 14.4 Å². The lowest BCUT2D eigenvalue weighted by Crippen LogP contribution is -3.15. The molecule has 25 heavy (non-hydrogen) atoms. The Morgan fingerprint density at radius 2 is 1.44 bits per heavy atom. The van der Waals surface area contributed by atoms with E-state index < -0.39 is 0 Å². The number of hydrogen-bond acceptors (Lipinski definition) is 2. The van der Waals surface area contributed by atoms with Gasteiger partial charge in [-0.05, 0) is 42.2 Å². The van der Waals surface area contributed by atoms with Crippen LogP contribution in [0.3, 0.4) is 0 Å². The molecule has 0 saturated carbocycles.